The van der Waals surface area contributed by atoms with Gasteiger partial charge in [0.1, 0.15) is 0 Å². The van der Waals surface area contributed by atoms with Crippen molar-refractivity contribution in [1.29, 1.82) is 0 Å². The minimum absolute atomic E-state index is 0.0433. The van der Waals surface area contributed by atoms with Crippen molar-refractivity contribution in [3.8, 4) is 12.3 Å². The van der Waals surface area contributed by atoms with Crippen LogP contribution in [0.15, 0.2) is 10.2 Å². The minimum atomic E-state index is -0.779. The molecule has 0 radical (unpaired) electrons. The molecular formula is C18H25N3O4. The van der Waals surface area contributed by atoms with Gasteiger partial charge in [-0.1, -0.05) is 0 Å². The molecule has 0 saturated carbocycles. The first-order chi connectivity index (χ1) is 12.0. The highest BCUT2D eigenvalue weighted by molar-refractivity contribution is 5.77. The van der Waals surface area contributed by atoms with Crippen molar-refractivity contribution in [3.63, 3.8) is 0 Å². The van der Waals surface area contributed by atoms with Crippen molar-refractivity contribution in [2.24, 2.45) is 16.1 Å². The van der Waals surface area contributed by atoms with E-state index >= 15 is 0 Å². The predicted molar refractivity (Wildman–Crippen MR) is 89.7 cm³/mol. The normalized spacial score (nSPS) is 30.0. The largest absolute Gasteiger partial charge is 0.481 e. The van der Waals surface area contributed by atoms with Crippen molar-refractivity contribution >= 4 is 11.9 Å². The number of likely N-dealkylation sites (tertiary alicyclic amines) is 1. The lowest BCUT2D eigenvalue weighted by atomic mass is 9.87. The fourth-order valence-electron chi connectivity index (χ4n) is 3.91. The number of carbonyl (C=O) groups excluding carboxylic acids is 1. The lowest BCUT2D eigenvalue weighted by Gasteiger charge is -2.41. The molecule has 0 aromatic carbocycles. The first kappa shape index (κ1) is 17.9. The van der Waals surface area contributed by atoms with Gasteiger partial charge >= 0.3 is 5.97 Å². The molecule has 3 unspecified atom stereocenters. The predicted octanol–water partition coefficient (Wildman–Crippen LogP) is 2.21. The first-order valence-electron chi connectivity index (χ1n) is 9.06. The molecular weight excluding hydrogens is 322 g/mol. The lowest BCUT2D eigenvalue weighted by Crippen LogP contribution is -2.52. The molecule has 136 valence electrons. The van der Waals surface area contributed by atoms with Crippen LogP contribution in [-0.4, -0.2) is 52.8 Å². The summed E-state index contributed by atoms with van der Waals surface area (Å²) < 4.78 is 5.77. The number of carbonyl (C=O) groups is 2. The van der Waals surface area contributed by atoms with Crippen molar-refractivity contribution in [2.45, 2.75) is 69.2 Å². The zero-order valence-corrected chi connectivity index (χ0v) is 14.4. The average Bonchev–Trinajstić information content (AvgIpc) is 3.17. The van der Waals surface area contributed by atoms with Gasteiger partial charge in [-0.25, -0.2) is 0 Å². The number of ether oxygens (including phenoxy) is 1. The summed E-state index contributed by atoms with van der Waals surface area (Å²) in [6, 6.07) is -0.139. The zero-order valence-electron chi connectivity index (χ0n) is 14.4. The van der Waals surface area contributed by atoms with Crippen LogP contribution >= 0.6 is 0 Å². The number of rotatable bonds is 7. The van der Waals surface area contributed by atoms with E-state index in [-0.39, 0.29) is 18.1 Å². The molecule has 3 aliphatic rings. The van der Waals surface area contributed by atoms with Crippen molar-refractivity contribution < 1.29 is 19.4 Å². The molecule has 25 heavy (non-hydrogen) atoms. The molecule has 1 amide bonds. The minimum Gasteiger partial charge on any atom is -0.481 e. The fraction of sp³-hybridized carbons (Fsp3) is 0.778. The smallest absolute Gasteiger partial charge is 0.306 e. The van der Waals surface area contributed by atoms with E-state index in [0.717, 1.165) is 12.8 Å². The fourth-order valence-corrected chi connectivity index (χ4v) is 3.91. The topological polar surface area (TPSA) is 91.6 Å². The maximum Gasteiger partial charge on any atom is 0.306 e. The number of hydrogen-bond acceptors (Lipinski definition) is 5. The number of piperidine rings is 1. The Morgan fingerprint density at radius 2 is 2.12 bits per heavy atom. The number of aliphatic carboxylic acids is 1. The molecule has 2 fully saturated rings. The van der Waals surface area contributed by atoms with E-state index < -0.39 is 17.6 Å². The lowest BCUT2D eigenvalue weighted by molar-refractivity contribution is -0.150. The van der Waals surface area contributed by atoms with E-state index in [1.165, 1.54) is 0 Å². The van der Waals surface area contributed by atoms with Crippen LogP contribution in [0, 0.1) is 18.3 Å². The van der Waals surface area contributed by atoms with Gasteiger partial charge in [-0.15, -0.1) is 12.3 Å². The third kappa shape index (κ3) is 4.18. The third-order valence-corrected chi connectivity index (χ3v) is 5.50. The second kappa shape index (κ2) is 7.52. The maximum atomic E-state index is 12.8. The van der Waals surface area contributed by atoms with Gasteiger partial charge in [0.2, 0.25) is 5.91 Å². The van der Waals surface area contributed by atoms with Gasteiger partial charge in [0, 0.05) is 38.8 Å². The van der Waals surface area contributed by atoms with Gasteiger partial charge in [-0.05, 0) is 25.7 Å². The van der Waals surface area contributed by atoms with Crippen LogP contribution in [0.3, 0.4) is 0 Å². The Kier molecular flexibility index (Phi) is 5.38. The number of nitrogens with zero attached hydrogens (tertiary/aromatic N) is 3. The van der Waals surface area contributed by atoms with Crippen molar-refractivity contribution in [3.05, 3.63) is 0 Å². The molecule has 7 heteroatoms. The summed E-state index contributed by atoms with van der Waals surface area (Å²) in [6.45, 7) is 1.17. The van der Waals surface area contributed by atoms with E-state index in [0.29, 0.717) is 51.7 Å². The summed E-state index contributed by atoms with van der Waals surface area (Å²) >= 11 is 0. The Hall–Kier alpha value is -1.94. The Morgan fingerprint density at radius 1 is 1.32 bits per heavy atom. The Bertz CT molecular complexity index is 586. The molecule has 0 spiro atoms. The van der Waals surface area contributed by atoms with Crippen LogP contribution in [0.25, 0.3) is 0 Å². The molecule has 2 saturated heterocycles. The number of carboxylic acids is 1. The van der Waals surface area contributed by atoms with Crippen LogP contribution in [-0.2, 0) is 14.3 Å². The van der Waals surface area contributed by atoms with Gasteiger partial charge in [-0.3, -0.25) is 9.59 Å². The van der Waals surface area contributed by atoms with E-state index in [4.69, 9.17) is 11.2 Å². The summed E-state index contributed by atoms with van der Waals surface area (Å²) in [4.78, 5) is 26.0. The van der Waals surface area contributed by atoms with E-state index in [1.54, 1.807) is 0 Å². The Labute approximate surface area is 147 Å². The van der Waals surface area contributed by atoms with Crippen molar-refractivity contribution in [2.75, 3.05) is 13.2 Å². The van der Waals surface area contributed by atoms with Gasteiger partial charge in [-0.2, -0.15) is 10.2 Å². The summed E-state index contributed by atoms with van der Waals surface area (Å²) in [5, 5.41) is 17.5. The Balaban J connectivity index is 1.59. The molecule has 0 bridgehead atoms. The Morgan fingerprint density at radius 3 is 2.72 bits per heavy atom. The van der Waals surface area contributed by atoms with Crippen LogP contribution < -0.4 is 0 Å². The van der Waals surface area contributed by atoms with Gasteiger partial charge in [0.05, 0.1) is 18.1 Å². The molecule has 3 atom stereocenters. The molecule has 3 rings (SSSR count). The summed E-state index contributed by atoms with van der Waals surface area (Å²) in [5.41, 5.74) is -0.458. The second-order valence-electron chi connectivity index (χ2n) is 7.15. The van der Waals surface area contributed by atoms with Crippen LogP contribution in [0.2, 0.25) is 0 Å². The summed E-state index contributed by atoms with van der Waals surface area (Å²) in [5.74, 6) is 1.46. The molecule has 1 N–H and O–H groups in total. The van der Waals surface area contributed by atoms with Gasteiger partial charge < -0.3 is 14.7 Å². The van der Waals surface area contributed by atoms with Gasteiger partial charge in [0.15, 0.2) is 5.66 Å². The van der Waals surface area contributed by atoms with E-state index in [9.17, 15) is 14.7 Å². The zero-order chi connectivity index (χ0) is 17.9. The highest BCUT2D eigenvalue weighted by atomic mass is 16.5. The average molecular weight is 347 g/mol. The summed E-state index contributed by atoms with van der Waals surface area (Å²) in [6.07, 6.45) is 10.3. The number of hydrogen-bond donors (Lipinski definition) is 1. The van der Waals surface area contributed by atoms with Crippen LogP contribution in [0.4, 0.5) is 0 Å². The monoisotopic (exact) mass is 347 g/mol. The first-order valence-corrected chi connectivity index (χ1v) is 9.06. The van der Waals surface area contributed by atoms with Gasteiger partial charge in [0.25, 0.3) is 0 Å². The molecule has 3 aliphatic heterocycles. The highest BCUT2D eigenvalue weighted by Crippen LogP contribution is 2.38. The van der Waals surface area contributed by atoms with E-state index in [1.807, 2.05) is 4.90 Å². The van der Waals surface area contributed by atoms with E-state index in [2.05, 4.69) is 16.1 Å². The molecule has 7 nitrogen and oxygen atoms in total. The standard InChI is InChI=1S/C18H25N3O4/c1-2-3-8-18(19-20-18)9-6-16(22)21-10-7-13(17(23)24)12-14(21)15-5-4-11-25-15/h1,13-15H,3-12H2,(H,23,24). The third-order valence-electron chi connectivity index (χ3n) is 5.50. The molecule has 3 heterocycles. The van der Waals surface area contributed by atoms with Crippen LogP contribution in [0.5, 0.6) is 0 Å². The van der Waals surface area contributed by atoms with Crippen LogP contribution in [0.1, 0.15) is 51.4 Å². The molecule has 0 aromatic rings. The SMILES string of the molecule is C#CCCC1(CCC(=O)N2CCC(C(=O)O)CC2C2CCCO2)N=N1. The second-order valence-corrected chi connectivity index (χ2v) is 7.15. The van der Waals surface area contributed by atoms with Crippen molar-refractivity contribution in [1.82, 2.24) is 4.90 Å². The quantitative estimate of drug-likeness (QED) is 0.715. The molecule has 0 aliphatic carbocycles. The number of amides is 1. The molecule has 0 aromatic heterocycles. The number of terminal acetylenes is 1. The summed E-state index contributed by atoms with van der Waals surface area (Å²) in [7, 11) is 0. The number of carboxylic acid groups (broad SMARTS) is 1. The maximum absolute atomic E-state index is 12.8. The highest BCUT2D eigenvalue weighted by Gasteiger charge is 2.43.